The maximum Gasteiger partial charge on any atom is 0.131 e. The monoisotopic (exact) mass is 249 g/mol. The topological polar surface area (TPSA) is 48.7 Å². The van der Waals surface area contributed by atoms with Crippen LogP contribution in [0.4, 0.5) is 11.5 Å². The molecule has 1 aromatic carbocycles. The molecule has 1 aliphatic rings. The molecule has 0 unspecified atom stereocenters. The van der Waals surface area contributed by atoms with Gasteiger partial charge in [-0.1, -0.05) is 12.1 Å². The van der Waals surface area contributed by atoms with Crippen LogP contribution in [0.15, 0.2) is 36.5 Å². The van der Waals surface area contributed by atoms with E-state index in [-0.39, 0.29) is 0 Å². The Morgan fingerprint density at radius 1 is 1.16 bits per heavy atom. The second kappa shape index (κ2) is 5.11. The fourth-order valence-corrected chi connectivity index (χ4v) is 2.60. The smallest absolute Gasteiger partial charge is 0.131 e. The van der Waals surface area contributed by atoms with Crippen LogP contribution in [-0.2, 0) is 12.8 Å². The number of rotatable bonds is 2. The molecule has 0 spiro atoms. The van der Waals surface area contributed by atoms with Crippen molar-refractivity contribution in [2.45, 2.75) is 25.7 Å². The summed E-state index contributed by atoms with van der Waals surface area (Å²) in [6.07, 6.45) is 6.47. The number of nitrogens with zero attached hydrogens (tertiary/aromatic N) is 2. The maximum atomic E-state index is 8.91. The van der Waals surface area contributed by atoms with Crippen molar-refractivity contribution in [3.8, 4) is 6.07 Å². The van der Waals surface area contributed by atoms with Crippen LogP contribution < -0.4 is 5.32 Å². The first-order valence-electron chi connectivity index (χ1n) is 6.61. The SMILES string of the molecule is N#Cc1ccnc(Nc2cccc3c2CCCC3)c1. The summed E-state index contributed by atoms with van der Waals surface area (Å²) in [6, 6.07) is 12.0. The molecule has 1 heterocycles. The Hall–Kier alpha value is -2.34. The molecule has 2 aromatic rings. The van der Waals surface area contributed by atoms with Crippen LogP contribution in [0.1, 0.15) is 29.5 Å². The normalized spacial score (nSPS) is 13.4. The fraction of sp³-hybridized carbons (Fsp3) is 0.250. The van der Waals surface area contributed by atoms with E-state index in [1.54, 1.807) is 18.3 Å². The van der Waals surface area contributed by atoms with E-state index in [0.29, 0.717) is 5.56 Å². The predicted octanol–water partition coefficient (Wildman–Crippen LogP) is 3.58. The zero-order valence-electron chi connectivity index (χ0n) is 10.7. The van der Waals surface area contributed by atoms with E-state index in [0.717, 1.165) is 24.3 Å². The number of nitriles is 1. The number of fused-ring (bicyclic) bond motifs is 1. The largest absolute Gasteiger partial charge is 0.340 e. The van der Waals surface area contributed by atoms with Gasteiger partial charge in [-0.25, -0.2) is 4.98 Å². The van der Waals surface area contributed by atoms with Crippen molar-refractivity contribution in [2.24, 2.45) is 0 Å². The van der Waals surface area contributed by atoms with E-state index >= 15 is 0 Å². The summed E-state index contributed by atoms with van der Waals surface area (Å²) in [4.78, 5) is 4.27. The van der Waals surface area contributed by atoms with Crippen molar-refractivity contribution in [2.75, 3.05) is 5.32 Å². The Bertz CT molecular complexity index is 641. The molecule has 0 radical (unpaired) electrons. The van der Waals surface area contributed by atoms with E-state index in [2.05, 4.69) is 34.6 Å². The Morgan fingerprint density at radius 3 is 2.95 bits per heavy atom. The van der Waals surface area contributed by atoms with Crippen molar-refractivity contribution >= 4 is 11.5 Å². The van der Waals surface area contributed by atoms with E-state index in [4.69, 9.17) is 5.26 Å². The number of aromatic nitrogens is 1. The zero-order valence-corrected chi connectivity index (χ0v) is 10.7. The van der Waals surface area contributed by atoms with Crippen LogP contribution in [0.3, 0.4) is 0 Å². The highest BCUT2D eigenvalue weighted by molar-refractivity contribution is 5.63. The van der Waals surface area contributed by atoms with Gasteiger partial charge in [-0.15, -0.1) is 0 Å². The summed E-state index contributed by atoms with van der Waals surface area (Å²) < 4.78 is 0. The van der Waals surface area contributed by atoms with E-state index < -0.39 is 0 Å². The molecule has 3 heteroatoms. The Morgan fingerprint density at radius 2 is 2.05 bits per heavy atom. The molecular formula is C16H15N3. The number of pyridine rings is 1. The highest BCUT2D eigenvalue weighted by Crippen LogP contribution is 2.29. The number of hydrogen-bond donors (Lipinski definition) is 1. The van der Waals surface area contributed by atoms with Crippen molar-refractivity contribution in [1.82, 2.24) is 4.98 Å². The Kier molecular flexibility index (Phi) is 3.16. The molecule has 19 heavy (non-hydrogen) atoms. The summed E-state index contributed by atoms with van der Waals surface area (Å²) in [5, 5.41) is 12.3. The molecule has 3 nitrogen and oxygen atoms in total. The molecule has 1 aromatic heterocycles. The first-order chi connectivity index (χ1) is 9.36. The van der Waals surface area contributed by atoms with Crippen LogP contribution in [0, 0.1) is 11.3 Å². The van der Waals surface area contributed by atoms with Gasteiger partial charge < -0.3 is 5.32 Å². The van der Waals surface area contributed by atoms with Gasteiger partial charge in [-0.05, 0) is 55.0 Å². The van der Waals surface area contributed by atoms with E-state index in [1.165, 1.54) is 24.0 Å². The lowest BCUT2D eigenvalue weighted by Gasteiger charge is -2.19. The third-order valence-corrected chi connectivity index (χ3v) is 3.55. The van der Waals surface area contributed by atoms with Crippen LogP contribution in [0.5, 0.6) is 0 Å². The lowest BCUT2D eigenvalue weighted by atomic mass is 9.90. The Labute approximate surface area is 112 Å². The van der Waals surface area contributed by atoms with Gasteiger partial charge in [0.2, 0.25) is 0 Å². The predicted molar refractivity (Wildman–Crippen MR) is 75.3 cm³/mol. The molecule has 0 saturated carbocycles. The molecule has 1 N–H and O–H groups in total. The average molecular weight is 249 g/mol. The molecule has 94 valence electrons. The lowest BCUT2D eigenvalue weighted by molar-refractivity contribution is 0.687. The summed E-state index contributed by atoms with van der Waals surface area (Å²) in [7, 11) is 0. The van der Waals surface area contributed by atoms with Crippen LogP contribution in [0.25, 0.3) is 0 Å². The molecule has 1 aliphatic carbocycles. The average Bonchev–Trinajstić information content (AvgIpc) is 2.48. The van der Waals surface area contributed by atoms with Gasteiger partial charge >= 0.3 is 0 Å². The van der Waals surface area contributed by atoms with Crippen molar-refractivity contribution < 1.29 is 0 Å². The maximum absolute atomic E-state index is 8.91. The third kappa shape index (κ3) is 2.43. The molecular weight excluding hydrogens is 234 g/mol. The van der Waals surface area contributed by atoms with Crippen LogP contribution in [-0.4, -0.2) is 4.98 Å². The molecule has 0 bridgehead atoms. The number of hydrogen-bond acceptors (Lipinski definition) is 3. The number of anilines is 2. The highest BCUT2D eigenvalue weighted by atomic mass is 15.0. The number of aryl methyl sites for hydroxylation is 1. The first kappa shape index (κ1) is 11.7. The second-order valence-electron chi connectivity index (χ2n) is 4.82. The Balaban J connectivity index is 1.93. The second-order valence-corrected chi connectivity index (χ2v) is 4.82. The van der Waals surface area contributed by atoms with Gasteiger partial charge in [0, 0.05) is 11.9 Å². The van der Waals surface area contributed by atoms with Crippen molar-refractivity contribution in [1.29, 1.82) is 5.26 Å². The summed E-state index contributed by atoms with van der Waals surface area (Å²) in [5.74, 6) is 0.734. The van der Waals surface area contributed by atoms with Crippen LogP contribution in [0.2, 0.25) is 0 Å². The lowest BCUT2D eigenvalue weighted by Crippen LogP contribution is -2.06. The minimum atomic E-state index is 0.627. The summed E-state index contributed by atoms with van der Waals surface area (Å²) >= 11 is 0. The number of nitrogens with one attached hydrogen (secondary N) is 1. The molecule has 0 saturated heterocycles. The van der Waals surface area contributed by atoms with Gasteiger partial charge in [0.15, 0.2) is 0 Å². The third-order valence-electron chi connectivity index (χ3n) is 3.55. The quantitative estimate of drug-likeness (QED) is 0.885. The molecule has 0 atom stereocenters. The van der Waals surface area contributed by atoms with Crippen molar-refractivity contribution in [3.63, 3.8) is 0 Å². The molecule has 0 amide bonds. The van der Waals surface area contributed by atoms with Crippen LogP contribution >= 0.6 is 0 Å². The van der Waals surface area contributed by atoms with Gasteiger partial charge in [0.25, 0.3) is 0 Å². The van der Waals surface area contributed by atoms with Gasteiger partial charge in [0.1, 0.15) is 5.82 Å². The van der Waals surface area contributed by atoms with E-state index in [9.17, 15) is 0 Å². The summed E-state index contributed by atoms with van der Waals surface area (Å²) in [5.41, 5.74) is 4.59. The summed E-state index contributed by atoms with van der Waals surface area (Å²) in [6.45, 7) is 0. The minimum Gasteiger partial charge on any atom is -0.340 e. The molecule has 0 fully saturated rings. The fourth-order valence-electron chi connectivity index (χ4n) is 2.60. The highest BCUT2D eigenvalue weighted by Gasteiger charge is 2.13. The van der Waals surface area contributed by atoms with Gasteiger partial charge in [-0.3, -0.25) is 0 Å². The number of benzene rings is 1. The van der Waals surface area contributed by atoms with Crippen molar-refractivity contribution in [3.05, 3.63) is 53.2 Å². The van der Waals surface area contributed by atoms with Gasteiger partial charge in [0.05, 0.1) is 11.6 Å². The minimum absolute atomic E-state index is 0.627. The van der Waals surface area contributed by atoms with E-state index in [1.807, 2.05) is 0 Å². The first-order valence-corrected chi connectivity index (χ1v) is 6.61. The standard InChI is InChI=1S/C16H15N3/c17-11-12-8-9-18-16(10-12)19-15-7-3-5-13-4-1-2-6-14(13)15/h3,5,7-10H,1-2,4,6H2,(H,18,19). The molecule has 3 rings (SSSR count). The zero-order chi connectivity index (χ0) is 13.1. The molecule has 0 aliphatic heterocycles. The van der Waals surface area contributed by atoms with Gasteiger partial charge in [-0.2, -0.15) is 5.26 Å².